The van der Waals surface area contributed by atoms with Gasteiger partial charge in [-0.25, -0.2) is 4.39 Å². The molecule has 110 valence electrons. The molecule has 0 fully saturated rings. The van der Waals surface area contributed by atoms with E-state index in [0.717, 1.165) is 11.6 Å². The largest absolute Gasteiger partial charge is 0.306 e. The van der Waals surface area contributed by atoms with Crippen LogP contribution < -0.4 is 5.32 Å². The molecule has 6 heteroatoms. The van der Waals surface area contributed by atoms with Gasteiger partial charge in [0.2, 0.25) is 5.82 Å². The maximum absolute atomic E-state index is 13.6. The number of nitro groups is 1. The molecule has 0 aliphatic rings. The van der Waals surface area contributed by atoms with Crippen molar-refractivity contribution in [1.82, 2.24) is 5.32 Å². The van der Waals surface area contributed by atoms with Crippen LogP contribution in [-0.2, 0) is 6.54 Å². The molecule has 4 nitrogen and oxygen atoms in total. The fourth-order valence-electron chi connectivity index (χ4n) is 1.98. The van der Waals surface area contributed by atoms with E-state index in [0.29, 0.717) is 6.07 Å². The smallest absolute Gasteiger partial charge is 0.305 e. The topological polar surface area (TPSA) is 55.2 Å². The van der Waals surface area contributed by atoms with Crippen LogP contribution in [0.5, 0.6) is 0 Å². The van der Waals surface area contributed by atoms with Gasteiger partial charge < -0.3 is 5.32 Å². The van der Waals surface area contributed by atoms with E-state index in [4.69, 9.17) is 0 Å². The zero-order valence-corrected chi connectivity index (χ0v) is 11.3. The standard InChI is InChI=1S/C15H14F2N2O2/c1-10(11-5-3-2-4-6-11)18-9-12-7-15(19(20)21)14(17)8-13(12)16/h2-8,10,18H,9H2,1H3/t10-/m1/s1. The average molecular weight is 292 g/mol. The molecule has 0 aliphatic carbocycles. The van der Waals surface area contributed by atoms with E-state index >= 15 is 0 Å². The maximum Gasteiger partial charge on any atom is 0.305 e. The summed E-state index contributed by atoms with van der Waals surface area (Å²) in [5.74, 6) is -1.97. The van der Waals surface area contributed by atoms with E-state index in [1.807, 2.05) is 37.3 Å². The number of nitrogens with zero attached hydrogens (tertiary/aromatic N) is 1. The second-order valence-corrected chi connectivity index (χ2v) is 4.67. The van der Waals surface area contributed by atoms with E-state index in [9.17, 15) is 18.9 Å². The second-order valence-electron chi connectivity index (χ2n) is 4.67. The molecule has 2 aromatic rings. The first-order chi connectivity index (χ1) is 9.99. The predicted molar refractivity (Wildman–Crippen MR) is 74.7 cm³/mol. The Morgan fingerprint density at radius 3 is 2.48 bits per heavy atom. The van der Waals surface area contributed by atoms with Crippen LogP contribution in [-0.4, -0.2) is 4.92 Å². The Hall–Kier alpha value is -2.34. The molecule has 1 N–H and O–H groups in total. The lowest BCUT2D eigenvalue weighted by molar-refractivity contribution is -0.387. The van der Waals surface area contributed by atoms with Gasteiger partial charge >= 0.3 is 5.69 Å². The van der Waals surface area contributed by atoms with Gasteiger partial charge in [-0.2, -0.15) is 4.39 Å². The molecule has 0 saturated carbocycles. The average Bonchev–Trinajstić information content (AvgIpc) is 2.46. The summed E-state index contributed by atoms with van der Waals surface area (Å²) in [4.78, 5) is 9.81. The molecule has 0 aliphatic heterocycles. The summed E-state index contributed by atoms with van der Waals surface area (Å²) < 4.78 is 26.9. The molecule has 21 heavy (non-hydrogen) atoms. The number of hydrogen-bond donors (Lipinski definition) is 1. The molecule has 0 amide bonds. The van der Waals surface area contributed by atoms with Crippen LogP contribution in [0.3, 0.4) is 0 Å². The highest BCUT2D eigenvalue weighted by Gasteiger charge is 2.18. The van der Waals surface area contributed by atoms with Crippen molar-refractivity contribution in [2.75, 3.05) is 0 Å². The molecule has 0 radical (unpaired) electrons. The van der Waals surface area contributed by atoms with Gasteiger partial charge in [-0.05, 0) is 12.5 Å². The number of benzene rings is 2. The summed E-state index contributed by atoms with van der Waals surface area (Å²) in [6, 6.07) is 10.9. The molecular formula is C15H14F2N2O2. The molecule has 0 unspecified atom stereocenters. The first-order valence-corrected chi connectivity index (χ1v) is 6.39. The lowest BCUT2D eigenvalue weighted by atomic mass is 10.1. The summed E-state index contributed by atoms with van der Waals surface area (Å²) in [5, 5.41) is 13.7. The molecule has 0 heterocycles. The number of halogens is 2. The monoisotopic (exact) mass is 292 g/mol. The van der Waals surface area contributed by atoms with Gasteiger partial charge in [-0.15, -0.1) is 0 Å². The van der Waals surface area contributed by atoms with Gasteiger partial charge in [0.15, 0.2) is 0 Å². The Labute approximate surface area is 120 Å². The Morgan fingerprint density at radius 2 is 1.86 bits per heavy atom. The van der Waals surface area contributed by atoms with Crippen LogP contribution in [0, 0.1) is 21.7 Å². The summed E-state index contributed by atoms with van der Waals surface area (Å²) in [6.07, 6.45) is 0. The third-order valence-corrected chi connectivity index (χ3v) is 3.21. The number of hydrogen-bond acceptors (Lipinski definition) is 3. The van der Waals surface area contributed by atoms with Crippen molar-refractivity contribution in [2.24, 2.45) is 0 Å². The molecule has 0 aromatic heterocycles. The zero-order valence-electron chi connectivity index (χ0n) is 11.3. The molecule has 2 aromatic carbocycles. The van der Waals surface area contributed by atoms with E-state index in [-0.39, 0.29) is 18.2 Å². The zero-order chi connectivity index (χ0) is 15.4. The molecular weight excluding hydrogens is 278 g/mol. The lowest BCUT2D eigenvalue weighted by Gasteiger charge is -2.14. The van der Waals surface area contributed by atoms with Crippen molar-refractivity contribution in [3.63, 3.8) is 0 Å². The van der Waals surface area contributed by atoms with E-state index < -0.39 is 22.2 Å². The summed E-state index contributed by atoms with van der Waals surface area (Å²) in [7, 11) is 0. The highest BCUT2D eigenvalue weighted by Crippen LogP contribution is 2.22. The number of nitrogens with one attached hydrogen (secondary N) is 1. The summed E-state index contributed by atoms with van der Waals surface area (Å²) in [5.41, 5.74) is 0.348. The Balaban J connectivity index is 2.13. The molecule has 0 bridgehead atoms. The van der Waals surface area contributed by atoms with E-state index in [1.165, 1.54) is 0 Å². The highest BCUT2D eigenvalue weighted by molar-refractivity contribution is 5.37. The minimum absolute atomic E-state index is 0.0605. The summed E-state index contributed by atoms with van der Waals surface area (Å²) in [6.45, 7) is 1.97. The Kier molecular flexibility index (Phi) is 4.59. The minimum atomic E-state index is -1.17. The van der Waals surface area contributed by atoms with Gasteiger partial charge in [-0.3, -0.25) is 10.1 Å². The van der Waals surface area contributed by atoms with Crippen LogP contribution in [0.25, 0.3) is 0 Å². The first kappa shape index (κ1) is 15.1. The Bertz CT molecular complexity index is 648. The minimum Gasteiger partial charge on any atom is -0.306 e. The van der Waals surface area contributed by atoms with Crippen molar-refractivity contribution < 1.29 is 13.7 Å². The van der Waals surface area contributed by atoms with Gasteiger partial charge in [0.25, 0.3) is 0 Å². The van der Waals surface area contributed by atoms with Crippen molar-refractivity contribution >= 4 is 5.69 Å². The van der Waals surface area contributed by atoms with Crippen LogP contribution in [0.15, 0.2) is 42.5 Å². The van der Waals surface area contributed by atoms with Gasteiger partial charge in [0, 0.05) is 30.3 Å². The maximum atomic E-state index is 13.6. The van der Waals surface area contributed by atoms with Crippen LogP contribution in [0.1, 0.15) is 24.1 Å². The lowest BCUT2D eigenvalue weighted by Crippen LogP contribution is -2.19. The van der Waals surface area contributed by atoms with Crippen molar-refractivity contribution in [2.45, 2.75) is 19.5 Å². The van der Waals surface area contributed by atoms with E-state index in [2.05, 4.69) is 5.32 Å². The third kappa shape index (κ3) is 3.61. The van der Waals surface area contributed by atoms with Gasteiger partial charge in [-0.1, -0.05) is 30.3 Å². The highest BCUT2D eigenvalue weighted by atomic mass is 19.1. The molecule has 0 spiro atoms. The van der Waals surface area contributed by atoms with Crippen molar-refractivity contribution in [3.05, 3.63) is 75.3 Å². The Morgan fingerprint density at radius 1 is 1.19 bits per heavy atom. The van der Waals surface area contributed by atoms with Crippen LogP contribution >= 0.6 is 0 Å². The van der Waals surface area contributed by atoms with Crippen molar-refractivity contribution in [3.8, 4) is 0 Å². The van der Waals surface area contributed by atoms with Crippen LogP contribution in [0.2, 0.25) is 0 Å². The van der Waals surface area contributed by atoms with Crippen LogP contribution in [0.4, 0.5) is 14.5 Å². The van der Waals surface area contributed by atoms with E-state index in [1.54, 1.807) is 0 Å². The number of rotatable bonds is 5. The normalized spacial score (nSPS) is 12.1. The predicted octanol–water partition coefficient (Wildman–Crippen LogP) is 3.72. The van der Waals surface area contributed by atoms with Gasteiger partial charge in [0.05, 0.1) is 4.92 Å². The fraction of sp³-hybridized carbons (Fsp3) is 0.200. The summed E-state index contributed by atoms with van der Waals surface area (Å²) >= 11 is 0. The molecule has 1 atom stereocenters. The molecule has 0 saturated heterocycles. The third-order valence-electron chi connectivity index (χ3n) is 3.21. The number of nitro benzene ring substituents is 1. The van der Waals surface area contributed by atoms with Gasteiger partial charge in [0.1, 0.15) is 5.82 Å². The fourth-order valence-corrected chi connectivity index (χ4v) is 1.98. The second kappa shape index (κ2) is 6.41. The quantitative estimate of drug-likeness (QED) is 0.675. The molecule has 2 rings (SSSR count). The SMILES string of the molecule is C[C@@H](NCc1cc([N+](=O)[O-])c(F)cc1F)c1ccccc1. The van der Waals surface area contributed by atoms with Crippen molar-refractivity contribution in [1.29, 1.82) is 0 Å². The first-order valence-electron chi connectivity index (χ1n) is 6.39.